The predicted molar refractivity (Wildman–Crippen MR) is 75.7 cm³/mol. The molecule has 2 rings (SSSR count). The van der Waals surface area contributed by atoms with E-state index in [1.54, 1.807) is 0 Å². The van der Waals surface area contributed by atoms with Crippen molar-refractivity contribution < 1.29 is 50.1 Å². The summed E-state index contributed by atoms with van der Waals surface area (Å²) in [5.74, 6) is -4.48. The van der Waals surface area contributed by atoms with Crippen molar-refractivity contribution >= 4 is 11.5 Å². The maximum absolute atomic E-state index is 15.1. The summed E-state index contributed by atoms with van der Waals surface area (Å²) in [6.45, 7) is 0. The zero-order chi connectivity index (χ0) is 20.8. The molecule has 0 fully saturated rings. The Hall–Kier alpha value is -2.43. The molecule has 0 aromatic heterocycles. The number of halogens is 8. The Labute approximate surface area is 146 Å². The molecule has 0 bridgehead atoms. The SMILES string of the molecule is O=C(O)C1(F)CC(C(O)(C(F)(F)F)C(F)(F)F)=CC(F)=C1c1ccccc1. The van der Waals surface area contributed by atoms with Crippen molar-refractivity contribution in [2.75, 3.05) is 0 Å². The van der Waals surface area contributed by atoms with Crippen LogP contribution in [0.5, 0.6) is 0 Å². The predicted octanol–water partition coefficient (Wildman–Crippen LogP) is 4.35. The molecule has 3 nitrogen and oxygen atoms in total. The van der Waals surface area contributed by atoms with Crippen LogP contribution in [0.1, 0.15) is 12.0 Å². The molecule has 0 saturated heterocycles. The maximum Gasteiger partial charge on any atom is 0.430 e. The molecule has 2 N–H and O–H groups in total. The molecular weight excluding hydrogens is 392 g/mol. The number of aliphatic hydroxyl groups is 1. The highest BCUT2D eigenvalue weighted by atomic mass is 19.4. The van der Waals surface area contributed by atoms with Crippen LogP contribution in [0.25, 0.3) is 5.57 Å². The van der Waals surface area contributed by atoms with E-state index >= 15 is 4.39 Å². The number of aliphatic carboxylic acids is 1. The van der Waals surface area contributed by atoms with Crippen LogP contribution in [0.15, 0.2) is 47.8 Å². The van der Waals surface area contributed by atoms with Crippen molar-refractivity contribution in [3.05, 3.63) is 53.4 Å². The zero-order valence-corrected chi connectivity index (χ0v) is 13.0. The van der Waals surface area contributed by atoms with Gasteiger partial charge in [-0.2, -0.15) is 26.3 Å². The first-order chi connectivity index (χ1) is 12.2. The van der Waals surface area contributed by atoms with Crippen molar-refractivity contribution in [3.8, 4) is 0 Å². The molecule has 1 atom stereocenters. The van der Waals surface area contributed by atoms with E-state index in [2.05, 4.69) is 0 Å². The second kappa shape index (κ2) is 6.32. The van der Waals surface area contributed by atoms with Crippen LogP contribution in [0.4, 0.5) is 35.1 Å². The maximum atomic E-state index is 15.1. The average molecular weight is 402 g/mol. The van der Waals surface area contributed by atoms with E-state index in [-0.39, 0.29) is 6.08 Å². The van der Waals surface area contributed by atoms with Crippen LogP contribution < -0.4 is 0 Å². The summed E-state index contributed by atoms with van der Waals surface area (Å²) in [7, 11) is 0. The minimum Gasteiger partial charge on any atom is -0.479 e. The molecule has 1 unspecified atom stereocenters. The number of carboxylic acids is 1. The van der Waals surface area contributed by atoms with Gasteiger partial charge in [0, 0.05) is 12.0 Å². The third-order valence-electron chi connectivity index (χ3n) is 4.06. The van der Waals surface area contributed by atoms with E-state index in [9.17, 15) is 40.6 Å². The fraction of sp³-hybridized carbons (Fsp3) is 0.312. The lowest BCUT2D eigenvalue weighted by molar-refractivity contribution is -0.353. The van der Waals surface area contributed by atoms with E-state index in [0.717, 1.165) is 12.1 Å². The van der Waals surface area contributed by atoms with Crippen molar-refractivity contribution in [2.24, 2.45) is 0 Å². The minimum atomic E-state index is -6.40. The third kappa shape index (κ3) is 3.20. The summed E-state index contributed by atoms with van der Waals surface area (Å²) in [5.41, 5.74) is -13.4. The minimum absolute atomic E-state index is 0.329. The summed E-state index contributed by atoms with van der Waals surface area (Å²) in [6, 6.07) is 5.92. The lowest BCUT2D eigenvalue weighted by Crippen LogP contribution is -2.59. The van der Waals surface area contributed by atoms with Crippen molar-refractivity contribution in [2.45, 2.75) is 30.0 Å². The molecule has 0 saturated carbocycles. The number of alkyl halides is 7. The van der Waals surface area contributed by atoms with Gasteiger partial charge in [0.15, 0.2) is 0 Å². The number of allylic oxidation sites excluding steroid dienone is 2. The van der Waals surface area contributed by atoms with E-state index < -0.39 is 58.5 Å². The van der Waals surface area contributed by atoms with Crippen LogP contribution in [-0.4, -0.2) is 39.8 Å². The largest absolute Gasteiger partial charge is 0.479 e. The lowest BCUT2D eigenvalue weighted by Gasteiger charge is -2.38. The summed E-state index contributed by atoms with van der Waals surface area (Å²) in [5, 5.41) is 18.4. The monoisotopic (exact) mass is 402 g/mol. The Morgan fingerprint density at radius 2 is 1.48 bits per heavy atom. The third-order valence-corrected chi connectivity index (χ3v) is 4.06. The van der Waals surface area contributed by atoms with Gasteiger partial charge in [-0.1, -0.05) is 30.3 Å². The number of hydrogen-bond donors (Lipinski definition) is 2. The first-order valence-electron chi connectivity index (χ1n) is 7.11. The lowest BCUT2D eigenvalue weighted by atomic mass is 9.75. The Morgan fingerprint density at radius 3 is 1.89 bits per heavy atom. The molecule has 0 spiro atoms. The fourth-order valence-electron chi connectivity index (χ4n) is 2.73. The Bertz CT molecular complexity index is 793. The highest BCUT2D eigenvalue weighted by molar-refractivity contribution is 5.98. The van der Waals surface area contributed by atoms with Gasteiger partial charge in [0.1, 0.15) is 5.83 Å². The van der Waals surface area contributed by atoms with Crippen LogP contribution in [-0.2, 0) is 4.79 Å². The van der Waals surface area contributed by atoms with Crippen LogP contribution >= 0.6 is 0 Å². The molecule has 0 aliphatic heterocycles. The van der Waals surface area contributed by atoms with Gasteiger partial charge in [-0.15, -0.1) is 0 Å². The Morgan fingerprint density at radius 1 is 1.00 bits per heavy atom. The molecule has 0 amide bonds. The van der Waals surface area contributed by atoms with E-state index in [1.807, 2.05) is 0 Å². The topological polar surface area (TPSA) is 57.5 Å². The van der Waals surface area contributed by atoms with E-state index in [4.69, 9.17) is 5.11 Å². The molecule has 1 aromatic rings. The molecule has 1 aliphatic rings. The standard InChI is InChI=1S/C16H10F8O3/c17-10-6-9(14(27,15(19,20)21)16(22,23)24)7-13(18,12(25)26)11(10)8-4-2-1-3-5-8/h1-6,27H,7H2,(H,25,26). The van der Waals surface area contributed by atoms with Gasteiger partial charge < -0.3 is 10.2 Å². The van der Waals surface area contributed by atoms with Crippen molar-refractivity contribution in [3.63, 3.8) is 0 Å². The van der Waals surface area contributed by atoms with Crippen molar-refractivity contribution in [1.82, 2.24) is 0 Å². The van der Waals surface area contributed by atoms with Crippen LogP contribution in [0.2, 0.25) is 0 Å². The van der Waals surface area contributed by atoms with Crippen LogP contribution in [0.3, 0.4) is 0 Å². The van der Waals surface area contributed by atoms with Gasteiger partial charge in [0.2, 0.25) is 5.67 Å². The van der Waals surface area contributed by atoms with E-state index in [1.165, 1.54) is 18.2 Å². The van der Waals surface area contributed by atoms with Gasteiger partial charge >= 0.3 is 18.3 Å². The number of benzene rings is 1. The van der Waals surface area contributed by atoms with Gasteiger partial charge in [-0.3, -0.25) is 0 Å². The molecule has 148 valence electrons. The fourth-order valence-corrected chi connectivity index (χ4v) is 2.73. The second-order valence-electron chi connectivity index (χ2n) is 5.75. The Kier molecular flexibility index (Phi) is 4.89. The molecule has 0 heterocycles. The first-order valence-corrected chi connectivity index (χ1v) is 7.11. The zero-order valence-electron chi connectivity index (χ0n) is 13.0. The molecule has 0 radical (unpaired) electrons. The summed E-state index contributed by atoms with van der Waals surface area (Å²) >= 11 is 0. The van der Waals surface area contributed by atoms with Crippen molar-refractivity contribution in [1.29, 1.82) is 0 Å². The number of hydrogen-bond acceptors (Lipinski definition) is 2. The number of rotatable bonds is 3. The quantitative estimate of drug-likeness (QED) is 0.740. The Balaban J connectivity index is 2.80. The normalized spacial score (nSPS) is 21.9. The highest BCUT2D eigenvalue weighted by Crippen LogP contribution is 2.54. The van der Waals surface area contributed by atoms with E-state index in [0.29, 0.717) is 0 Å². The molecule has 1 aromatic carbocycles. The first kappa shape index (κ1) is 20.9. The second-order valence-corrected chi connectivity index (χ2v) is 5.75. The number of carboxylic acid groups (broad SMARTS) is 1. The number of carbonyl (C=O) groups is 1. The molecular formula is C16H10F8O3. The van der Waals surface area contributed by atoms with Gasteiger partial charge in [0.25, 0.3) is 5.60 Å². The van der Waals surface area contributed by atoms with Crippen LogP contribution in [0, 0.1) is 0 Å². The smallest absolute Gasteiger partial charge is 0.430 e. The average Bonchev–Trinajstić information content (AvgIpc) is 2.52. The highest BCUT2D eigenvalue weighted by Gasteiger charge is 2.73. The van der Waals surface area contributed by atoms with Gasteiger partial charge in [-0.05, 0) is 17.2 Å². The summed E-state index contributed by atoms with van der Waals surface area (Å²) < 4.78 is 107. The summed E-state index contributed by atoms with van der Waals surface area (Å²) in [4.78, 5) is 11.3. The van der Waals surface area contributed by atoms with Gasteiger partial charge in [0.05, 0.1) is 0 Å². The molecule has 11 heteroatoms. The molecule has 27 heavy (non-hydrogen) atoms. The summed E-state index contributed by atoms with van der Waals surface area (Å²) in [6.07, 6.45) is -15.2. The van der Waals surface area contributed by atoms with Gasteiger partial charge in [-0.25, -0.2) is 13.6 Å². The molecule has 1 aliphatic carbocycles.